The van der Waals surface area contributed by atoms with Gasteiger partial charge in [0.2, 0.25) is 0 Å². The molecule has 2 aromatic rings. The van der Waals surface area contributed by atoms with Crippen LogP contribution in [0, 0.1) is 0 Å². The molecule has 0 spiro atoms. The van der Waals surface area contributed by atoms with Crippen molar-refractivity contribution in [2.45, 2.75) is 19.5 Å². The highest BCUT2D eigenvalue weighted by Crippen LogP contribution is 2.18. The van der Waals surface area contributed by atoms with Gasteiger partial charge >= 0.3 is 0 Å². The zero-order valence-corrected chi connectivity index (χ0v) is 8.88. The third-order valence-corrected chi connectivity index (χ3v) is 3.22. The molecule has 3 heteroatoms. The fourth-order valence-corrected chi connectivity index (χ4v) is 2.06. The number of rotatable bonds is 4. The maximum atomic E-state index is 5.00. The molecule has 1 atom stereocenters. The van der Waals surface area contributed by atoms with Crippen molar-refractivity contribution >= 4 is 11.3 Å². The molecule has 74 valence electrons. The summed E-state index contributed by atoms with van der Waals surface area (Å²) in [6.07, 6.45) is 3.47. The van der Waals surface area contributed by atoms with Gasteiger partial charge in [-0.1, -0.05) is 6.07 Å². The van der Waals surface area contributed by atoms with E-state index in [1.165, 1.54) is 10.4 Å². The lowest BCUT2D eigenvalue weighted by molar-refractivity contribution is 0.549. The Morgan fingerprint density at radius 2 is 2.43 bits per heavy atom. The van der Waals surface area contributed by atoms with Crippen LogP contribution in [0.15, 0.2) is 40.5 Å². The minimum atomic E-state index is 0.407. The molecule has 0 aliphatic carbocycles. The van der Waals surface area contributed by atoms with Crippen LogP contribution in [0.2, 0.25) is 0 Å². The first kappa shape index (κ1) is 9.49. The molecule has 2 rings (SSSR count). The smallest absolute Gasteiger partial charge is 0.0947 e. The van der Waals surface area contributed by atoms with E-state index in [2.05, 4.69) is 29.8 Å². The minimum Gasteiger partial charge on any atom is -0.472 e. The van der Waals surface area contributed by atoms with E-state index in [9.17, 15) is 0 Å². The van der Waals surface area contributed by atoms with Gasteiger partial charge in [0.1, 0.15) is 0 Å². The van der Waals surface area contributed by atoms with Crippen molar-refractivity contribution in [3.63, 3.8) is 0 Å². The predicted octanol–water partition coefficient (Wildman–Crippen LogP) is 3.19. The Kier molecular flexibility index (Phi) is 3.01. The van der Waals surface area contributed by atoms with Gasteiger partial charge in [0.15, 0.2) is 0 Å². The molecule has 0 aliphatic heterocycles. The largest absolute Gasteiger partial charge is 0.472 e. The number of thiophene rings is 1. The molecule has 2 nitrogen and oxygen atoms in total. The van der Waals surface area contributed by atoms with Gasteiger partial charge in [0.25, 0.3) is 0 Å². The van der Waals surface area contributed by atoms with Crippen LogP contribution in [0.1, 0.15) is 23.4 Å². The number of hydrogen-bond donors (Lipinski definition) is 1. The van der Waals surface area contributed by atoms with Crippen LogP contribution in [0.25, 0.3) is 0 Å². The van der Waals surface area contributed by atoms with Gasteiger partial charge in [-0.25, -0.2) is 0 Å². The molecule has 0 unspecified atom stereocenters. The molecule has 0 bridgehead atoms. The number of nitrogens with one attached hydrogen (secondary N) is 1. The maximum Gasteiger partial charge on any atom is 0.0947 e. The molecular weight excluding hydrogens is 194 g/mol. The van der Waals surface area contributed by atoms with Crippen LogP contribution in [-0.4, -0.2) is 0 Å². The standard InChI is InChI=1S/C11H13NOS/c1-9(11-3-2-6-14-11)12-7-10-4-5-13-8-10/h2-6,8-9,12H,7H2,1H3/t9-/m0/s1. The molecule has 2 aromatic heterocycles. The molecular formula is C11H13NOS. The summed E-state index contributed by atoms with van der Waals surface area (Å²) < 4.78 is 5.00. The summed E-state index contributed by atoms with van der Waals surface area (Å²) in [6.45, 7) is 3.03. The van der Waals surface area contributed by atoms with Gasteiger partial charge in [0, 0.05) is 23.0 Å². The molecule has 0 fully saturated rings. The monoisotopic (exact) mass is 207 g/mol. The average Bonchev–Trinajstić information content (AvgIpc) is 2.87. The molecule has 1 N–H and O–H groups in total. The number of hydrogen-bond acceptors (Lipinski definition) is 3. The van der Waals surface area contributed by atoms with Crippen LogP contribution >= 0.6 is 11.3 Å². The van der Waals surface area contributed by atoms with Crippen LogP contribution in [0.5, 0.6) is 0 Å². The first-order valence-corrected chi connectivity index (χ1v) is 5.52. The average molecular weight is 207 g/mol. The molecule has 2 heterocycles. The van der Waals surface area contributed by atoms with Gasteiger partial charge in [-0.05, 0) is 24.4 Å². The molecule has 0 amide bonds. The van der Waals surface area contributed by atoms with Gasteiger partial charge in [-0.15, -0.1) is 11.3 Å². The summed E-state index contributed by atoms with van der Waals surface area (Å²) in [6, 6.07) is 6.62. The first-order valence-electron chi connectivity index (χ1n) is 4.64. The van der Waals surface area contributed by atoms with E-state index in [-0.39, 0.29) is 0 Å². The molecule has 0 saturated carbocycles. The summed E-state index contributed by atoms with van der Waals surface area (Å²) in [5.74, 6) is 0. The lowest BCUT2D eigenvalue weighted by Gasteiger charge is -2.10. The lowest BCUT2D eigenvalue weighted by Crippen LogP contribution is -2.16. The summed E-state index contributed by atoms with van der Waals surface area (Å²) in [5.41, 5.74) is 1.19. The Bertz CT molecular complexity index is 353. The third kappa shape index (κ3) is 2.25. The topological polar surface area (TPSA) is 25.2 Å². The highest BCUT2D eigenvalue weighted by molar-refractivity contribution is 7.10. The fourth-order valence-electron chi connectivity index (χ4n) is 1.30. The van der Waals surface area contributed by atoms with E-state index < -0.39 is 0 Å². The third-order valence-electron chi connectivity index (χ3n) is 2.16. The van der Waals surface area contributed by atoms with Gasteiger partial charge in [-0.3, -0.25) is 0 Å². The molecule has 0 aliphatic rings. The Labute approximate surface area is 87.6 Å². The maximum absolute atomic E-state index is 5.00. The SMILES string of the molecule is C[C@H](NCc1ccoc1)c1cccs1. The zero-order chi connectivity index (χ0) is 9.80. The van der Waals surface area contributed by atoms with E-state index in [0.29, 0.717) is 6.04 Å². The van der Waals surface area contributed by atoms with E-state index in [1.807, 2.05) is 6.07 Å². The van der Waals surface area contributed by atoms with Crippen LogP contribution in [0.3, 0.4) is 0 Å². The van der Waals surface area contributed by atoms with Crippen molar-refractivity contribution in [3.8, 4) is 0 Å². The van der Waals surface area contributed by atoms with Crippen molar-refractivity contribution in [3.05, 3.63) is 46.5 Å². The normalized spacial score (nSPS) is 12.9. The quantitative estimate of drug-likeness (QED) is 0.833. The number of furan rings is 1. The van der Waals surface area contributed by atoms with E-state index in [4.69, 9.17) is 4.42 Å². The Hall–Kier alpha value is -1.06. The highest BCUT2D eigenvalue weighted by Gasteiger charge is 2.05. The van der Waals surface area contributed by atoms with Crippen molar-refractivity contribution in [1.29, 1.82) is 0 Å². The second-order valence-corrected chi connectivity index (χ2v) is 4.23. The molecule has 14 heavy (non-hydrogen) atoms. The van der Waals surface area contributed by atoms with Gasteiger partial charge < -0.3 is 9.73 Å². The minimum absolute atomic E-state index is 0.407. The molecule has 0 radical (unpaired) electrons. The lowest BCUT2D eigenvalue weighted by atomic mass is 10.2. The highest BCUT2D eigenvalue weighted by atomic mass is 32.1. The van der Waals surface area contributed by atoms with Crippen molar-refractivity contribution in [2.75, 3.05) is 0 Å². The van der Waals surface area contributed by atoms with E-state index >= 15 is 0 Å². The van der Waals surface area contributed by atoms with Crippen LogP contribution in [-0.2, 0) is 6.54 Å². The summed E-state index contributed by atoms with van der Waals surface area (Å²) in [4.78, 5) is 1.37. The second-order valence-electron chi connectivity index (χ2n) is 3.25. The van der Waals surface area contributed by atoms with E-state index in [0.717, 1.165) is 6.54 Å². The summed E-state index contributed by atoms with van der Waals surface area (Å²) in [7, 11) is 0. The van der Waals surface area contributed by atoms with Gasteiger partial charge in [0.05, 0.1) is 12.5 Å². The predicted molar refractivity (Wildman–Crippen MR) is 58.3 cm³/mol. The molecule has 0 saturated heterocycles. The second kappa shape index (κ2) is 4.44. The van der Waals surface area contributed by atoms with Crippen molar-refractivity contribution < 1.29 is 4.42 Å². The van der Waals surface area contributed by atoms with Crippen molar-refractivity contribution in [2.24, 2.45) is 0 Å². The Balaban J connectivity index is 1.87. The van der Waals surface area contributed by atoms with E-state index in [1.54, 1.807) is 23.9 Å². The van der Waals surface area contributed by atoms with Crippen LogP contribution < -0.4 is 5.32 Å². The summed E-state index contributed by atoms with van der Waals surface area (Å²) in [5, 5.41) is 5.54. The Morgan fingerprint density at radius 3 is 3.07 bits per heavy atom. The van der Waals surface area contributed by atoms with Crippen LogP contribution in [0.4, 0.5) is 0 Å². The zero-order valence-electron chi connectivity index (χ0n) is 8.07. The fraction of sp³-hybridized carbons (Fsp3) is 0.273. The molecule has 0 aromatic carbocycles. The first-order chi connectivity index (χ1) is 6.86. The van der Waals surface area contributed by atoms with Crippen molar-refractivity contribution in [1.82, 2.24) is 5.32 Å². The van der Waals surface area contributed by atoms with Gasteiger partial charge in [-0.2, -0.15) is 0 Å². The summed E-state index contributed by atoms with van der Waals surface area (Å²) >= 11 is 1.78. The Morgan fingerprint density at radius 1 is 1.50 bits per heavy atom.